The lowest BCUT2D eigenvalue weighted by molar-refractivity contribution is -0.126. The zero-order chi connectivity index (χ0) is 19.2. The molecule has 6 nitrogen and oxygen atoms in total. The first-order chi connectivity index (χ1) is 13.1. The summed E-state index contributed by atoms with van der Waals surface area (Å²) in [6, 6.07) is 8.13. The lowest BCUT2D eigenvalue weighted by Crippen LogP contribution is -2.41. The molecule has 0 saturated carbocycles. The highest BCUT2D eigenvalue weighted by Gasteiger charge is 2.26. The number of nitrogens with one attached hydrogen (secondary N) is 1. The van der Waals surface area contributed by atoms with Crippen LogP contribution in [0.15, 0.2) is 28.7 Å². The molecule has 0 bridgehead atoms. The van der Waals surface area contributed by atoms with E-state index in [0.717, 1.165) is 55.1 Å². The molecule has 0 aliphatic carbocycles. The van der Waals surface area contributed by atoms with Crippen molar-refractivity contribution in [2.45, 2.75) is 33.2 Å². The van der Waals surface area contributed by atoms with E-state index in [1.807, 2.05) is 25.1 Å². The molecule has 146 valence electrons. The van der Waals surface area contributed by atoms with Gasteiger partial charge in [0.25, 0.3) is 0 Å². The maximum absolute atomic E-state index is 12.2. The number of oxazole rings is 1. The predicted octanol–water partition coefficient (Wildman–Crippen LogP) is 2.93. The number of carbonyl (C=O) groups excluding carboxylic acids is 1. The van der Waals surface area contributed by atoms with Gasteiger partial charge in [0.15, 0.2) is 0 Å². The number of benzene rings is 1. The molecule has 1 aliphatic rings. The molecule has 1 aromatic carbocycles. The quantitative estimate of drug-likeness (QED) is 0.758. The molecule has 2 heterocycles. The third-order valence-electron chi connectivity index (χ3n) is 5.21. The molecule has 1 saturated heterocycles. The highest BCUT2D eigenvalue weighted by atomic mass is 16.5. The first-order valence-electron chi connectivity index (χ1n) is 9.59. The van der Waals surface area contributed by atoms with Gasteiger partial charge in [-0.15, -0.1) is 0 Å². The van der Waals surface area contributed by atoms with Crippen LogP contribution in [-0.4, -0.2) is 49.1 Å². The number of likely N-dealkylation sites (tertiary alicyclic amines) is 1. The number of ether oxygens (including phenoxy) is 1. The second kappa shape index (κ2) is 9.15. The van der Waals surface area contributed by atoms with E-state index in [0.29, 0.717) is 19.0 Å². The molecular weight excluding hydrogens is 342 g/mol. The minimum absolute atomic E-state index is 0.0963. The van der Waals surface area contributed by atoms with Gasteiger partial charge in [0.2, 0.25) is 11.8 Å². The van der Waals surface area contributed by atoms with Crippen molar-refractivity contribution in [3.8, 4) is 11.5 Å². The Bertz CT molecular complexity index is 764. The lowest BCUT2D eigenvalue weighted by Gasteiger charge is -2.30. The number of carbonyl (C=O) groups is 1. The average Bonchev–Trinajstić information content (AvgIpc) is 3.03. The number of piperidine rings is 1. The average molecular weight is 371 g/mol. The van der Waals surface area contributed by atoms with Gasteiger partial charge in [0, 0.05) is 31.7 Å². The molecule has 6 heteroatoms. The second-order valence-corrected chi connectivity index (χ2v) is 7.17. The van der Waals surface area contributed by atoms with Crippen LogP contribution in [0.2, 0.25) is 0 Å². The SMILES string of the molecule is COCCNC(=O)C1CCN(Cc2nc(-c3ccccc3C)oc2C)CC1. The fourth-order valence-electron chi connectivity index (χ4n) is 3.49. The maximum atomic E-state index is 12.2. The van der Waals surface area contributed by atoms with E-state index < -0.39 is 0 Å². The zero-order valence-corrected chi connectivity index (χ0v) is 16.5. The summed E-state index contributed by atoms with van der Waals surface area (Å²) in [6.45, 7) is 7.73. The van der Waals surface area contributed by atoms with E-state index in [9.17, 15) is 4.79 Å². The standard InChI is InChI=1S/C21H29N3O3/c1-15-6-4-5-7-18(15)21-23-19(16(2)27-21)14-24-11-8-17(9-12-24)20(25)22-10-13-26-3/h4-7,17H,8-14H2,1-3H3,(H,22,25). The molecule has 0 unspecified atom stereocenters. The summed E-state index contributed by atoms with van der Waals surface area (Å²) in [4.78, 5) is 19.3. The molecule has 27 heavy (non-hydrogen) atoms. The van der Waals surface area contributed by atoms with Gasteiger partial charge in [-0.3, -0.25) is 9.69 Å². The van der Waals surface area contributed by atoms with Crippen LogP contribution in [0.4, 0.5) is 0 Å². The van der Waals surface area contributed by atoms with Crippen molar-refractivity contribution in [1.82, 2.24) is 15.2 Å². The number of hydrogen-bond donors (Lipinski definition) is 1. The summed E-state index contributed by atoms with van der Waals surface area (Å²) in [7, 11) is 1.64. The first-order valence-corrected chi connectivity index (χ1v) is 9.59. The minimum Gasteiger partial charge on any atom is -0.441 e. The van der Waals surface area contributed by atoms with Crippen LogP contribution in [0.1, 0.15) is 29.9 Å². The smallest absolute Gasteiger partial charge is 0.226 e. The van der Waals surface area contributed by atoms with Crippen LogP contribution in [0.25, 0.3) is 11.5 Å². The van der Waals surface area contributed by atoms with Crippen molar-refractivity contribution in [3.05, 3.63) is 41.3 Å². The maximum Gasteiger partial charge on any atom is 0.226 e. The van der Waals surface area contributed by atoms with E-state index in [1.165, 1.54) is 0 Å². The van der Waals surface area contributed by atoms with Crippen molar-refractivity contribution < 1.29 is 13.9 Å². The van der Waals surface area contributed by atoms with Gasteiger partial charge in [-0.2, -0.15) is 0 Å². The van der Waals surface area contributed by atoms with Crippen LogP contribution < -0.4 is 5.32 Å². The number of rotatable bonds is 7. The molecule has 1 aliphatic heterocycles. The molecule has 0 atom stereocenters. The van der Waals surface area contributed by atoms with E-state index in [4.69, 9.17) is 14.1 Å². The Morgan fingerprint density at radius 1 is 1.30 bits per heavy atom. The number of nitrogens with zero attached hydrogens (tertiary/aromatic N) is 2. The fourth-order valence-corrected chi connectivity index (χ4v) is 3.49. The molecule has 3 rings (SSSR count). The third kappa shape index (κ3) is 4.96. The van der Waals surface area contributed by atoms with Crippen molar-refractivity contribution in [2.24, 2.45) is 5.92 Å². The van der Waals surface area contributed by atoms with E-state index in [2.05, 4.69) is 23.2 Å². The Morgan fingerprint density at radius 3 is 2.74 bits per heavy atom. The van der Waals surface area contributed by atoms with Gasteiger partial charge in [-0.1, -0.05) is 18.2 Å². The highest BCUT2D eigenvalue weighted by molar-refractivity contribution is 5.78. The normalized spacial score (nSPS) is 15.8. The molecular formula is C21H29N3O3. The van der Waals surface area contributed by atoms with Crippen molar-refractivity contribution >= 4 is 5.91 Å². The first kappa shape index (κ1) is 19.6. The van der Waals surface area contributed by atoms with Crippen molar-refractivity contribution in [2.75, 3.05) is 33.4 Å². The number of amides is 1. The summed E-state index contributed by atoms with van der Waals surface area (Å²) < 4.78 is 10.9. The summed E-state index contributed by atoms with van der Waals surface area (Å²) in [5, 5.41) is 2.94. The summed E-state index contributed by atoms with van der Waals surface area (Å²) in [5.74, 6) is 1.80. The van der Waals surface area contributed by atoms with Crippen LogP contribution >= 0.6 is 0 Å². The van der Waals surface area contributed by atoms with E-state index >= 15 is 0 Å². The van der Waals surface area contributed by atoms with Gasteiger partial charge in [0.05, 0.1) is 12.3 Å². The van der Waals surface area contributed by atoms with E-state index in [1.54, 1.807) is 7.11 Å². The van der Waals surface area contributed by atoms with Crippen LogP contribution in [0.3, 0.4) is 0 Å². The highest BCUT2D eigenvalue weighted by Crippen LogP contribution is 2.26. The van der Waals surface area contributed by atoms with E-state index in [-0.39, 0.29) is 11.8 Å². The molecule has 1 fully saturated rings. The summed E-state index contributed by atoms with van der Waals surface area (Å²) in [5.41, 5.74) is 3.18. The number of hydrogen-bond acceptors (Lipinski definition) is 5. The summed E-state index contributed by atoms with van der Waals surface area (Å²) >= 11 is 0. The second-order valence-electron chi connectivity index (χ2n) is 7.17. The van der Waals surface area contributed by atoms with Gasteiger partial charge >= 0.3 is 0 Å². The topological polar surface area (TPSA) is 67.6 Å². The molecule has 1 aromatic heterocycles. The monoisotopic (exact) mass is 371 g/mol. The molecule has 0 spiro atoms. The lowest BCUT2D eigenvalue weighted by atomic mass is 9.96. The van der Waals surface area contributed by atoms with Gasteiger partial charge < -0.3 is 14.5 Å². The fraction of sp³-hybridized carbons (Fsp3) is 0.524. The van der Waals surface area contributed by atoms with Gasteiger partial charge in [-0.25, -0.2) is 4.98 Å². The minimum atomic E-state index is 0.0963. The van der Waals surface area contributed by atoms with Crippen LogP contribution in [0.5, 0.6) is 0 Å². The molecule has 0 radical (unpaired) electrons. The Hall–Kier alpha value is -2.18. The Labute approximate surface area is 160 Å². The van der Waals surface area contributed by atoms with Crippen molar-refractivity contribution in [3.63, 3.8) is 0 Å². The molecule has 1 amide bonds. The molecule has 1 N–H and O–H groups in total. The van der Waals surface area contributed by atoms with Crippen molar-refractivity contribution in [1.29, 1.82) is 0 Å². The Kier molecular flexibility index (Phi) is 6.63. The Balaban J connectivity index is 1.55. The Morgan fingerprint density at radius 2 is 2.04 bits per heavy atom. The third-order valence-corrected chi connectivity index (χ3v) is 5.21. The van der Waals surface area contributed by atoms with Crippen LogP contribution in [-0.2, 0) is 16.1 Å². The zero-order valence-electron chi connectivity index (χ0n) is 16.5. The number of aryl methyl sites for hydroxylation is 2. The number of aromatic nitrogens is 1. The number of methoxy groups -OCH3 is 1. The van der Waals surface area contributed by atoms with Gasteiger partial charge in [0.1, 0.15) is 5.76 Å². The largest absolute Gasteiger partial charge is 0.441 e. The summed E-state index contributed by atoms with van der Waals surface area (Å²) in [6.07, 6.45) is 1.75. The predicted molar refractivity (Wildman–Crippen MR) is 104 cm³/mol. The van der Waals surface area contributed by atoms with Gasteiger partial charge in [-0.05, 0) is 51.4 Å². The molecule has 2 aromatic rings. The van der Waals surface area contributed by atoms with Crippen LogP contribution in [0, 0.1) is 19.8 Å².